The van der Waals surface area contributed by atoms with E-state index in [1.165, 1.54) is 0 Å². The van der Waals surface area contributed by atoms with Crippen LogP contribution in [0.5, 0.6) is 5.75 Å². The van der Waals surface area contributed by atoms with Gasteiger partial charge in [0.05, 0.1) is 12.6 Å². The zero-order chi connectivity index (χ0) is 25.1. The van der Waals surface area contributed by atoms with Crippen molar-refractivity contribution in [2.24, 2.45) is 0 Å². The normalized spacial score (nSPS) is 13.5. The first-order valence-corrected chi connectivity index (χ1v) is 12.0. The number of nitrogens with zero attached hydrogens (tertiary/aromatic N) is 6. The van der Waals surface area contributed by atoms with Crippen molar-refractivity contribution in [2.75, 3.05) is 54.6 Å². The molecular formula is C24H24ClN9OS. The lowest BCUT2D eigenvalue weighted by atomic mass is 10.1. The Morgan fingerprint density at radius 3 is 2.50 bits per heavy atom. The number of thiocarbonyl (C=S) groups is 1. The second-order valence-corrected chi connectivity index (χ2v) is 8.91. The predicted octanol–water partition coefficient (Wildman–Crippen LogP) is 3.93. The van der Waals surface area contributed by atoms with E-state index in [0.717, 1.165) is 54.2 Å². The zero-order valence-electron chi connectivity index (χ0n) is 19.5. The molecule has 0 aliphatic carbocycles. The van der Waals surface area contributed by atoms with Crippen LogP contribution in [0.25, 0.3) is 10.9 Å². The van der Waals surface area contributed by atoms with Crippen molar-refractivity contribution < 1.29 is 4.74 Å². The molecule has 3 heterocycles. The van der Waals surface area contributed by atoms with Crippen LogP contribution >= 0.6 is 23.8 Å². The Morgan fingerprint density at radius 2 is 1.75 bits per heavy atom. The van der Waals surface area contributed by atoms with Gasteiger partial charge in [0.1, 0.15) is 5.75 Å². The number of hydrogen-bond acceptors (Lipinski definition) is 9. The predicted molar refractivity (Wildman–Crippen MR) is 147 cm³/mol. The first kappa shape index (κ1) is 23.8. The van der Waals surface area contributed by atoms with Crippen LogP contribution in [0.1, 0.15) is 0 Å². The highest BCUT2D eigenvalue weighted by Gasteiger charge is 2.21. The number of piperazine rings is 1. The van der Waals surface area contributed by atoms with Crippen molar-refractivity contribution in [2.45, 2.75) is 0 Å². The number of hydrogen-bond donors (Lipinski definition) is 3. The van der Waals surface area contributed by atoms with Crippen molar-refractivity contribution in [1.82, 2.24) is 24.8 Å². The number of benzene rings is 2. The van der Waals surface area contributed by atoms with Crippen molar-refractivity contribution in [1.29, 1.82) is 0 Å². The maximum Gasteiger partial charge on any atom is 0.235 e. The summed E-state index contributed by atoms with van der Waals surface area (Å²) in [6.45, 7) is 3.07. The van der Waals surface area contributed by atoms with Gasteiger partial charge in [0.2, 0.25) is 17.8 Å². The summed E-state index contributed by atoms with van der Waals surface area (Å²) >= 11 is 11.8. The Labute approximate surface area is 218 Å². The Bertz CT molecular complexity index is 1390. The van der Waals surface area contributed by atoms with Crippen LogP contribution in [0, 0.1) is 0 Å². The van der Waals surface area contributed by atoms with Crippen LogP contribution in [0.15, 0.2) is 54.7 Å². The Kier molecular flexibility index (Phi) is 6.83. The molecule has 1 aliphatic rings. The smallest absolute Gasteiger partial charge is 0.235 e. The van der Waals surface area contributed by atoms with Gasteiger partial charge in [-0.2, -0.15) is 15.0 Å². The molecule has 0 bridgehead atoms. The van der Waals surface area contributed by atoms with Crippen LogP contribution in [-0.4, -0.2) is 63.2 Å². The lowest BCUT2D eigenvalue weighted by Gasteiger charge is -2.37. The maximum absolute atomic E-state index is 6.14. The van der Waals surface area contributed by atoms with Gasteiger partial charge >= 0.3 is 0 Å². The third-order valence-corrected chi connectivity index (χ3v) is 6.40. The molecule has 0 saturated carbocycles. The van der Waals surface area contributed by atoms with Gasteiger partial charge in [-0.3, -0.25) is 4.98 Å². The number of aromatic nitrogens is 4. The van der Waals surface area contributed by atoms with E-state index in [4.69, 9.17) is 34.3 Å². The summed E-state index contributed by atoms with van der Waals surface area (Å²) in [5.74, 6) is 1.43. The van der Waals surface area contributed by atoms with Gasteiger partial charge in [-0.05, 0) is 60.7 Å². The van der Waals surface area contributed by atoms with E-state index in [9.17, 15) is 0 Å². The second kappa shape index (κ2) is 10.3. The number of ether oxygens (including phenoxy) is 1. The van der Waals surface area contributed by atoms with E-state index in [1.54, 1.807) is 7.11 Å². The fourth-order valence-electron chi connectivity index (χ4n) is 4.01. The molecule has 1 saturated heterocycles. The number of halogens is 1. The van der Waals surface area contributed by atoms with Gasteiger partial charge < -0.3 is 30.9 Å². The largest absolute Gasteiger partial charge is 0.497 e. The highest BCUT2D eigenvalue weighted by Crippen LogP contribution is 2.28. The number of rotatable bonds is 5. The quantitative estimate of drug-likeness (QED) is 0.331. The summed E-state index contributed by atoms with van der Waals surface area (Å²) in [6.07, 6.45) is 1.81. The van der Waals surface area contributed by atoms with E-state index in [0.29, 0.717) is 16.1 Å². The van der Waals surface area contributed by atoms with Gasteiger partial charge in [-0.25, -0.2) is 0 Å². The monoisotopic (exact) mass is 521 g/mol. The average molecular weight is 522 g/mol. The molecule has 0 unspecified atom stereocenters. The van der Waals surface area contributed by atoms with E-state index >= 15 is 0 Å². The maximum atomic E-state index is 6.14. The topological polar surface area (TPSA) is 117 Å². The first-order chi connectivity index (χ1) is 17.5. The molecule has 2 aromatic carbocycles. The first-order valence-electron chi connectivity index (χ1n) is 11.3. The molecule has 184 valence electrons. The van der Waals surface area contributed by atoms with Gasteiger partial charge in [0, 0.05) is 54.2 Å². The Morgan fingerprint density at radius 1 is 1.00 bits per heavy atom. The molecule has 12 heteroatoms. The average Bonchev–Trinajstić information content (AvgIpc) is 2.88. The summed E-state index contributed by atoms with van der Waals surface area (Å²) in [6, 6.07) is 15.2. The standard InChI is InChI=1S/C24H24ClN9OS/c1-35-17-5-3-16(4-6-17)28-22-29-21(26)30-23(31-22)32-24(36)34-12-10-33(11-13-34)20-8-9-27-19-14-15(25)2-7-18(19)20/h2-9,14H,10-13H2,1H3,(H4,26,28,29,30,31,32,36). The molecule has 5 rings (SSSR count). The van der Waals surface area contributed by atoms with Crippen LogP contribution < -0.4 is 26.0 Å². The minimum absolute atomic E-state index is 0.0841. The number of methoxy groups -OCH3 is 1. The molecule has 0 atom stereocenters. The molecule has 4 aromatic rings. The SMILES string of the molecule is COc1ccc(Nc2nc(N)nc(NC(=S)N3CCN(c4ccnc5cc(Cl)ccc45)CC3)n2)cc1. The van der Waals surface area contributed by atoms with Crippen molar-refractivity contribution in [3.05, 3.63) is 59.8 Å². The van der Waals surface area contributed by atoms with Crippen LogP contribution in [-0.2, 0) is 0 Å². The number of nitrogens with two attached hydrogens (primary N) is 1. The fraction of sp³-hybridized carbons (Fsp3) is 0.208. The van der Waals surface area contributed by atoms with Crippen LogP contribution in [0.3, 0.4) is 0 Å². The highest BCUT2D eigenvalue weighted by molar-refractivity contribution is 7.80. The molecule has 4 N–H and O–H groups in total. The minimum Gasteiger partial charge on any atom is -0.497 e. The van der Waals surface area contributed by atoms with Gasteiger partial charge in [-0.1, -0.05) is 11.6 Å². The van der Waals surface area contributed by atoms with Crippen molar-refractivity contribution >= 4 is 69.1 Å². The third-order valence-electron chi connectivity index (χ3n) is 5.81. The van der Waals surface area contributed by atoms with E-state index in [2.05, 4.69) is 40.4 Å². The van der Waals surface area contributed by atoms with E-state index < -0.39 is 0 Å². The minimum atomic E-state index is 0.0841. The summed E-state index contributed by atoms with van der Waals surface area (Å²) in [5, 5.41) is 8.50. The Balaban J connectivity index is 1.22. The van der Waals surface area contributed by atoms with E-state index in [1.807, 2.05) is 54.7 Å². The second-order valence-electron chi connectivity index (χ2n) is 8.09. The number of nitrogens with one attached hydrogen (secondary N) is 2. The number of pyridine rings is 1. The van der Waals surface area contributed by atoms with Gasteiger partial charge in [0.15, 0.2) is 5.11 Å². The molecule has 2 aromatic heterocycles. The molecular weight excluding hydrogens is 498 g/mol. The summed E-state index contributed by atoms with van der Waals surface area (Å²) in [4.78, 5) is 21.6. The zero-order valence-corrected chi connectivity index (χ0v) is 21.1. The van der Waals surface area contributed by atoms with Gasteiger partial charge in [0.25, 0.3) is 0 Å². The molecule has 0 amide bonds. The van der Waals surface area contributed by atoms with E-state index in [-0.39, 0.29) is 11.9 Å². The van der Waals surface area contributed by atoms with Crippen LogP contribution in [0.4, 0.5) is 29.2 Å². The van der Waals surface area contributed by atoms with Crippen LogP contribution in [0.2, 0.25) is 5.02 Å². The summed E-state index contributed by atoms with van der Waals surface area (Å²) in [5.41, 5.74) is 8.71. The number of nitrogen functional groups attached to an aromatic ring is 1. The highest BCUT2D eigenvalue weighted by atomic mass is 35.5. The molecule has 0 spiro atoms. The fourth-order valence-corrected chi connectivity index (χ4v) is 4.45. The molecule has 36 heavy (non-hydrogen) atoms. The van der Waals surface area contributed by atoms with Gasteiger partial charge in [-0.15, -0.1) is 0 Å². The molecule has 1 aliphatic heterocycles. The summed E-state index contributed by atoms with van der Waals surface area (Å²) < 4.78 is 5.19. The molecule has 10 nitrogen and oxygen atoms in total. The lowest BCUT2D eigenvalue weighted by molar-refractivity contribution is 0.391. The number of fused-ring (bicyclic) bond motifs is 1. The summed E-state index contributed by atoms with van der Waals surface area (Å²) in [7, 11) is 1.62. The van der Waals surface area contributed by atoms with Crippen molar-refractivity contribution in [3.63, 3.8) is 0 Å². The molecule has 0 radical (unpaired) electrons. The lowest BCUT2D eigenvalue weighted by Crippen LogP contribution is -2.50. The van der Waals surface area contributed by atoms with Crippen molar-refractivity contribution in [3.8, 4) is 5.75 Å². The Hall–Kier alpha value is -3.96. The molecule has 1 fully saturated rings. The number of anilines is 5. The third kappa shape index (κ3) is 5.31.